The van der Waals surface area contributed by atoms with Crippen molar-refractivity contribution in [1.29, 1.82) is 0 Å². The first-order valence-electron chi connectivity index (χ1n) is 12.1. The normalized spacial score (nSPS) is 43.3. The first kappa shape index (κ1) is 24.7. The Balaban J connectivity index is 1.80. The number of carbonyl (C=O) groups is 3. The molecule has 4 rings (SSSR count). The van der Waals surface area contributed by atoms with Crippen molar-refractivity contribution in [2.75, 3.05) is 13.4 Å². The Hall–Kier alpha value is -1.40. The summed E-state index contributed by atoms with van der Waals surface area (Å²) in [6, 6.07) is 0. The third-order valence-corrected chi connectivity index (χ3v) is 10.0. The molecule has 3 fully saturated rings. The van der Waals surface area contributed by atoms with Crippen LogP contribution in [0, 0.1) is 51.2 Å². The summed E-state index contributed by atoms with van der Waals surface area (Å²) in [6.07, 6.45) is 4.91. The molecular formula is C26H37ClO6. The highest BCUT2D eigenvalue weighted by Crippen LogP contribution is 2.82. The van der Waals surface area contributed by atoms with Gasteiger partial charge in [0.05, 0.1) is 17.4 Å². The molecule has 4 aliphatic rings. The number of carbonyl (C=O) groups excluding carboxylic acids is 3. The predicted molar refractivity (Wildman–Crippen MR) is 123 cm³/mol. The van der Waals surface area contributed by atoms with E-state index >= 15 is 0 Å². The second kappa shape index (κ2) is 7.81. The lowest BCUT2D eigenvalue weighted by Gasteiger charge is -2.58. The largest absolute Gasteiger partial charge is 0.427 e. The fourth-order valence-corrected chi connectivity index (χ4v) is 8.41. The maximum absolute atomic E-state index is 14.1. The molecular weight excluding hydrogens is 444 g/mol. The minimum Gasteiger partial charge on any atom is -0.427 e. The van der Waals surface area contributed by atoms with Crippen LogP contribution in [-0.4, -0.2) is 42.1 Å². The number of aliphatic hydroxyl groups is 1. The first-order chi connectivity index (χ1) is 15.3. The van der Waals surface area contributed by atoms with E-state index in [2.05, 4.69) is 13.0 Å². The molecule has 1 N–H and O–H groups in total. The van der Waals surface area contributed by atoms with E-state index in [1.807, 2.05) is 13.8 Å². The Bertz CT molecular complexity index is 890. The Labute approximate surface area is 201 Å². The van der Waals surface area contributed by atoms with Crippen molar-refractivity contribution in [3.8, 4) is 0 Å². The van der Waals surface area contributed by atoms with Crippen LogP contribution in [0.25, 0.3) is 0 Å². The molecule has 7 heteroatoms. The third-order valence-electron chi connectivity index (χ3n) is 9.44. The van der Waals surface area contributed by atoms with Crippen LogP contribution in [0.2, 0.25) is 0 Å². The summed E-state index contributed by atoms with van der Waals surface area (Å²) in [4.78, 5) is 39.4. The van der Waals surface area contributed by atoms with Crippen molar-refractivity contribution in [3.63, 3.8) is 0 Å². The molecule has 4 aliphatic carbocycles. The monoisotopic (exact) mass is 480 g/mol. The number of aldehydes is 1. The molecule has 3 saturated carbocycles. The number of hydrogen-bond donors (Lipinski definition) is 1. The molecule has 0 aliphatic heterocycles. The summed E-state index contributed by atoms with van der Waals surface area (Å²) in [5, 5.41) is 10.8. The molecule has 0 amide bonds. The minimum absolute atomic E-state index is 0.00704. The van der Waals surface area contributed by atoms with Gasteiger partial charge in [0.15, 0.2) is 0 Å². The first-order valence-corrected chi connectivity index (χ1v) is 12.6. The Morgan fingerprint density at radius 2 is 1.94 bits per heavy atom. The van der Waals surface area contributed by atoms with E-state index in [-0.39, 0.29) is 41.6 Å². The molecule has 0 heterocycles. The standard InChI is InChI=1S/C26H37ClO6/c1-14(2)18-7-16-9-25(12-29)19-8-20(27)15(3)17(19)10-24(16,11-28)26(18,25)22(31)33-13-32-21(30)23(4,5)6/h7,12,14-17,19-20,28H,8-11,13H2,1-6H3/t15?,16-,17?,19?,20?,24-,25-,26+/m0/s1. The number of rotatable bonds is 6. The molecule has 0 aromatic heterocycles. The number of allylic oxidation sites excluding steroid dienone is 1. The molecule has 0 radical (unpaired) electrons. The van der Waals surface area contributed by atoms with Gasteiger partial charge in [-0.15, -0.1) is 11.6 Å². The summed E-state index contributed by atoms with van der Waals surface area (Å²) in [5.74, 6) is -0.815. The van der Waals surface area contributed by atoms with E-state index < -0.39 is 40.4 Å². The van der Waals surface area contributed by atoms with Crippen LogP contribution in [0.3, 0.4) is 0 Å². The summed E-state index contributed by atoms with van der Waals surface area (Å²) >= 11 is 6.70. The molecule has 4 unspecified atom stereocenters. The second-order valence-corrected chi connectivity index (χ2v) is 12.7. The number of alkyl halides is 1. The van der Waals surface area contributed by atoms with Crippen LogP contribution in [-0.2, 0) is 23.9 Å². The van der Waals surface area contributed by atoms with Crippen molar-refractivity contribution < 1.29 is 29.0 Å². The highest BCUT2D eigenvalue weighted by Gasteiger charge is 2.84. The number of fused-ring (bicyclic) bond motifs is 2. The fourth-order valence-electron chi connectivity index (χ4n) is 8.03. The van der Waals surface area contributed by atoms with Crippen LogP contribution in [0.4, 0.5) is 0 Å². The van der Waals surface area contributed by atoms with Crippen LogP contribution in [0.5, 0.6) is 0 Å². The zero-order valence-electron chi connectivity index (χ0n) is 20.5. The molecule has 0 aromatic carbocycles. The summed E-state index contributed by atoms with van der Waals surface area (Å²) in [7, 11) is 0. The Kier molecular flexibility index (Phi) is 5.85. The molecule has 4 bridgehead atoms. The van der Waals surface area contributed by atoms with E-state index in [0.29, 0.717) is 19.3 Å². The van der Waals surface area contributed by atoms with Gasteiger partial charge in [-0.25, -0.2) is 0 Å². The summed E-state index contributed by atoms with van der Waals surface area (Å²) in [5.41, 5.74) is -2.92. The van der Waals surface area contributed by atoms with Gasteiger partial charge in [-0.05, 0) is 69.6 Å². The van der Waals surface area contributed by atoms with E-state index in [4.69, 9.17) is 21.1 Å². The fraction of sp³-hybridized carbons (Fsp3) is 0.808. The van der Waals surface area contributed by atoms with Crippen molar-refractivity contribution in [3.05, 3.63) is 11.6 Å². The molecule has 33 heavy (non-hydrogen) atoms. The van der Waals surface area contributed by atoms with Gasteiger partial charge in [0.2, 0.25) is 6.79 Å². The number of hydrogen-bond acceptors (Lipinski definition) is 6. The SMILES string of the molecule is CC(C)C1=C[C@H]2C[C@]3(C=O)C4CC(Cl)C(C)C4C[C@@]2(CO)[C@]13C(=O)OCOC(=O)C(C)(C)C. The predicted octanol–water partition coefficient (Wildman–Crippen LogP) is 4.13. The number of aliphatic hydroxyl groups excluding tert-OH is 1. The topological polar surface area (TPSA) is 89.9 Å². The van der Waals surface area contributed by atoms with Crippen molar-refractivity contribution in [2.45, 2.75) is 66.2 Å². The average molecular weight is 481 g/mol. The zero-order chi connectivity index (χ0) is 24.6. The van der Waals surface area contributed by atoms with E-state index in [1.165, 1.54) is 0 Å². The lowest BCUT2D eigenvalue weighted by molar-refractivity contribution is -0.201. The Morgan fingerprint density at radius 1 is 1.27 bits per heavy atom. The summed E-state index contributed by atoms with van der Waals surface area (Å²) < 4.78 is 10.9. The number of ether oxygens (including phenoxy) is 2. The van der Waals surface area contributed by atoms with Gasteiger partial charge in [0.25, 0.3) is 0 Å². The van der Waals surface area contributed by atoms with Crippen LogP contribution in [0.15, 0.2) is 11.6 Å². The quantitative estimate of drug-likeness (QED) is 0.202. The van der Waals surface area contributed by atoms with Gasteiger partial charge >= 0.3 is 11.9 Å². The van der Waals surface area contributed by atoms with Gasteiger partial charge < -0.3 is 19.4 Å². The zero-order valence-corrected chi connectivity index (χ0v) is 21.3. The van der Waals surface area contributed by atoms with Crippen LogP contribution in [0.1, 0.15) is 60.8 Å². The lowest BCUT2D eigenvalue weighted by Crippen LogP contribution is -2.63. The van der Waals surface area contributed by atoms with Gasteiger partial charge in [-0.1, -0.05) is 32.4 Å². The lowest BCUT2D eigenvalue weighted by atomic mass is 9.43. The third kappa shape index (κ3) is 2.92. The minimum atomic E-state index is -1.27. The van der Waals surface area contributed by atoms with Crippen LogP contribution >= 0.6 is 11.6 Å². The van der Waals surface area contributed by atoms with Gasteiger partial charge in [0.1, 0.15) is 11.7 Å². The average Bonchev–Trinajstić information content (AvgIpc) is 3.27. The maximum Gasteiger partial charge on any atom is 0.320 e. The van der Waals surface area contributed by atoms with E-state index in [1.54, 1.807) is 20.8 Å². The molecule has 0 saturated heterocycles. The molecule has 184 valence electrons. The number of esters is 2. The molecule has 8 atom stereocenters. The molecule has 0 spiro atoms. The molecule has 6 nitrogen and oxygen atoms in total. The van der Waals surface area contributed by atoms with E-state index in [9.17, 15) is 19.5 Å². The van der Waals surface area contributed by atoms with E-state index in [0.717, 1.165) is 11.9 Å². The second-order valence-electron chi connectivity index (χ2n) is 12.1. The van der Waals surface area contributed by atoms with Crippen molar-refractivity contribution in [2.24, 2.45) is 51.2 Å². The summed E-state index contributed by atoms with van der Waals surface area (Å²) in [6.45, 7) is 10.6. The smallest absolute Gasteiger partial charge is 0.320 e. The highest BCUT2D eigenvalue weighted by atomic mass is 35.5. The maximum atomic E-state index is 14.1. The molecule has 0 aromatic rings. The van der Waals surface area contributed by atoms with Crippen molar-refractivity contribution >= 4 is 29.8 Å². The van der Waals surface area contributed by atoms with Crippen molar-refractivity contribution in [1.82, 2.24) is 0 Å². The Morgan fingerprint density at radius 3 is 2.48 bits per heavy atom. The highest BCUT2D eigenvalue weighted by molar-refractivity contribution is 6.21. The van der Waals surface area contributed by atoms with Crippen LogP contribution < -0.4 is 0 Å². The van der Waals surface area contributed by atoms with Gasteiger partial charge in [-0.2, -0.15) is 0 Å². The van der Waals surface area contributed by atoms with Gasteiger partial charge in [-0.3, -0.25) is 9.59 Å². The number of halogens is 1. The van der Waals surface area contributed by atoms with Gasteiger partial charge in [0, 0.05) is 10.8 Å².